The van der Waals surface area contributed by atoms with Crippen molar-refractivity contribution >= 4 is 11.5 Å². The Morgan fingerprint density at radius 2 is 1.84 bits per heavy atom. The van der Waals surface area contributed by atoms with Crippen molar-refractivity contribution in [3.05, 3.63) is 107 Å². The number of hydrogen-bond acceptors (Lipinski definition) is 5. The van der Waals surface area contributed by atoms with E-state index in [1.807, 2.05) is 48.6 Å². The predicted molar refractivity (Wildman–Crippen MR) is 133 cm³/mol. The first-order chi connectivity index (χ1) is 17.7. The summed E-state index contributed by atoms with van der Waals surface area (Å²) in [6.45, 7) is 0.292. The monoisotopic (exact) mass is 509 g/mol. The SMILES string of the molecule is COC(=O)CC(c1ccc(OCC2=CCC=CC(c3ccc(C(F)(F)F)cc3)=C2)cc1)c1ncnn1C. The van der Waals surface area contributed by atoms with Gasteiger partial charge < -0.3 is 9.47 Å². The van der Waals surface area contributed by atoms with Crippen LogP contribution in [0, 0.1) is 0 Å². The standard InChI is InChI=1S/C28H26F3N3O3/c1-34-27(32-18-33-34)25(16-26(35)36-2)21-9-13-24(14-10-21)37-17-19-5-3-4-6-22(15-19)20-7-11-23(12-8-20)28(29,30)31/h4-15,18,25H,3,16-17H2,1-2H3. The number of aryl methyl sites for hydroxylation is 1. The van der Waals surface area contributed by atoms with Gasteiger partial charge in [-0.25, -0.2) is 4.98 Å². The summed E-state index contributed by atoms with van der Waals surface area (Å²) in [5.41, 5.74) is 2.61. The van der Waals surface area contributed by atoms with E-state index in [1.165, 1.54) is 25.6 Å². The van der Waals surface area contributed by atoms with E-state index < -0.39 is 11.7 Å². The molecule has 9 heteroatoms. The van der Waals surface area contributed by atoms with Crippen molar-refractivity contribution in [1.82, 2.24) is 14.8 Å². The lowest BCUT2D eigenvalue weighted by Gasteiger charge is -2.16. The molecule has 0 fully saturated rings. The Bertz CT molecular complexity index is 1320. The quantitative estimate of drug-likeness (QED) is 0.355. The molecule has 192 valence electrons. The van der Waals surface area contributed by atoms with Gasteiger partial charge in [0.25, 0.3) is 0 Å². The molecule has 1 aromatic heterocycles. The van der Waals surface area contributed by atoms with E-state index >= 15 is 0 Å². The number of rotatable bonds is 8. The highest BCUT2D eigenvalue weighted by atomic mass is 19.4. The zero-order valence-electron chi connectivity index (χ0n) is 20.4. The fraction of sp³-hybridized carbons (Fsp3) is 0.250. The molecule has 0 saturated carbocycles. The van der Waals surface area contributed by atoms with Gasteiger partial charge in [-0.2, -0.15) is 18.3 Å². The third kappa shape index (κ3) is 6.55. The number of aromatic nitrogens is 3. The lowest BCUT2D eigenvalue weighted by atomic mass is 9.94. The number of methoxy groups -OCH3 is 1. The van der Waals surface area contributed by atoms with Crippen LogP contribution in [0.4, 0.5) is 13.2 Å². The Labute approximate surface area is 212 Å². The lowest BCUT2D eigenvalue weighted by molar-refractivity contribution is -0.141. The van der Waals surface area contributed by atoms with Gasteiger partial charge in [-0.1, -0.05) is 42.5 Å². The smallest absolute Gasteiger partial charge is 0.416 e. The molecule has 0 saturated heterocycles. The van der Waals surface area contributed by atoms with Crippen LogP contribution in [0.5, 0.6) is 5.75 Å². The molecule has 0 bridgehead atoms. The molecule has 37 heavy (non-hydrogen) atoms. The molecular formula is C28H26F3N3O3. The minimum absolute atomic E-state index is 0.126. The number of ether oxygens (including phenoxy) is 2. The molecule has 1 aliphatic carbocycles. The van der Waals surface area contributed by atoms with Crippen LogP contribution in [0.15, 0.2) is 84.7 Å². The van der Waals surface area contributed by atoms with Crippen LogP contribution in [-0.4, -0.2) is 34.5 Å². The molecule has 0 aliphatic heterocycles. The molecule has 1 aliphatic rings. The first-order valence-electron chi connectivity index (χ1n) is 11.6. The van der Waals surface area contributed by atoms with Crippen LogP contribution >= 0.6 is 0 Å². The van der Waals surface area contributed by atoms with Crippen LogP contribution in [0.2, 0.25) is 0 Å². The zero-order valence-corrected chi connectivity index (χ0v) is 20.4. The minimum atomic E-state index is -4.37. The van der Waals surface area contributed by atoms with Gasteiger partial charge in [-0.3, -0.25) is 9.48 Å². The molecule has 0 radical (unpaired) electrons. The Morgan fingerprint density at radius 1 is 1.11 bits per heavy atom. The second-order valence-corrected chi connectivity index (χ2v) is 8.52. The number of benzene rings is 2. The first kappa shape index (κ1) is 25.9. The third-order valence-corrected chi connectivity index (χ3v) is 6.04. The molecule has 1 heterocycles. The topological polar surface area (TPSA) is 66.2 Å². The number of hydrogen-bond donors (Lipinski definition) is 0. The maximum absolute atomic E-state index is 12.9. The lowest BCUT2D eigenvalue weighted by Crippen LogP contribution is -2.14. The summed E-state index contributed by atoms with van der Waals surface area (Å²) in [6, 6.07) is 12.5. The van der Waals surface area contributed by atoms with Crippen molar-refractivity contribution in [2.45, 2.75) is 24.9 Å². The number of carbonyl (C=O) groups is 1. The maximum atomic E-state index is 12.9. The van der Waals surface area contributed by atoms with Crippen molar-refractivity contribution < 1.29 is 27.4 Å². The van der Waals surface area contributed by atoms with Crippen molar-refractivity contribution in [3.63, 3.8) is 0 Å². The summed E-state index contributed by atoms with van der Waals surface area (Å²) in [4.78, 5) is 16.3. The van der Waals surface area contributed by atoms with E-state index in [2.05, 4.69) is 10.1 Å². The van der Waals surface area contributed by atoms with Gasteiger partial charge in [-0.05, 0) is 59.0 Å². The van der Waals surface area contributed by atoms with E-state index in [9.17, 15) is 18.0 Å². The number of nitrogens with zero attached hydrogens (tertiary/aromatic N) is 3. The molecule has 4 rings (SSSR count). The highest BCUT2D eigenvalue weighted by Crippen LogP contribution is 2.31. The molecule has 1 unspecified atom stereocenters. The highest BCUT2D eigenvalue weighted by Gasteiger charge is 2.30. The van der Waals surface area contributed by atoms with E-state index in [0.29, 0.717) is 30.2 Å². The molecule has 0 spiro atoms. The Morgan fingerprint density at radius 3 is 2.46 bits per heavy atom. The molecule has 0 N–H and O–H groups in total. The third-order valence-electron chi connectivity index (χ3n) is 6.04. The molecule has 2 aromatic carbocycles. The van der Waals surface area contributed by atoms with Crippen molar-refractivity contribution in [3.8, 4) is 5.75 Å². The Kier molecular flexibility index (Phi) is 7.91. The normalized spacial score (nSPS) is 14.4. The molecule has 0 amide bonds. The van der Waals surface area contributed by atoms with E-state index in [4.69, 9.17) is 9.47 Å². The van der Waals surface area contributed by atoms with Gasteiger partial charge in [-0.15, -0.1) is 0 Å². The van der Waals surface area contributed by atoms with Crippen LogP contribution in [0.3, 0.4) is 0 Å². The van der Waals surface area contributed by atoms with E-state index in [-0.39, 0.29) is 18.3 Å². The van der Waals surface area contributed by atoms with Gasteiger partial charge in [0.15, 0.2) is 0 Å². The highest BCUT2D eigenvalue weighted by molar-refractivity contribution is 5.77. The minimum Gasteiger partial charge on any atom is -0.489 e. The molecule has 1 atom stereocenters. The average molecular weight is 510 g/mol. The second-order valence-electron chi connectivity index (χ2n) is 8.52. The summed E-state index contributed by atoms with van der Waals surface area (Å²) in [5, 5.41) is 4.11. The van der Waals surface area contributed by atoms with Gasteiger partial charge in [0, 0.05) is 7.05 Å². The Balaban J connectivity index is 1.45. The predicted octanol–water partition coefficient (Wildman–Crippen LogP) is 5.88. The van der Waals surface area contributed by atoms with Crippen LogP contribution in [0.1, 0.15) is 41.3 Å². The van der Waals surface area contributed by atoms with Gasteiger partial charge >= 0.3 is 12.1 Å². The molecule has 3 aromatic rings. The summed E-state index contributed by atoms with van der Waals surface area (Å²) in [6.07, 6.45) is 5.68. The average Bonchev–Trinajstić information content (AvgIpc) is 3.17. The van der Waals surface area contributed by atoms with Gasteiger partial charge in [0.05, 0.1) is 25.0 Å². The number of carbonyl (C=O) groups excluding carboxylic acids is 1. The zero-order chi connectivity index (χ0) is 26.4. The maximum Gasteiger partial charge on any atom is 0.416 e. The first-order valence-corrected chi connectivity index (χ1v) is 11.6. The van der Waals surface area contributed by atoms with Crippen molar-refractivity contribution in [2.24, 2.45) is 7.05 Å². The second kappa shape index (κ2) is 11.3. The van der Waals surface area contributed by atoms with Crippen LogP contribution in [0.25, 0.3) is 5.57 Å². The fourth-order valence-electron chi connectivity index (χ4n) is 4.04. The summed E-state index contributed by atoms with van der Waals surface area (Å²) in [7, 11) is 3.12. The summed E-state index contributed by atoms with van der Waals surface area (Å²) < 4.78 is 51.2. The van der Waals surface area contributed by atoms with E-state index in [1.54, 1.807) is 11.7 Å². The van der Waals surface area contributed by atoms with Crippen molar-refractivity contribution in [2.75, 3.05) is 13.7 Å². The number of esters is 1. The molecule has 6 nitrogen and oxygen atoms in total. The van der Waals surface area contributed by atoms with Crippen LogP contribution in [-0.2, 0) is 22.8 Å². The number of halogens is 3. The van der Waals surface area contributed by atoms with Crippen molar-refractivity contribution in [1.29, 1.82) is 0 Å². The Hall–Kier alpha value is -4.14. The van der Waals surface area contributed by atoms with Gasteiger partial charge in [0.1, 0.15) is 24.5 Å². The fourth-order valence-corrected chi connectivity index (χ4v) is 4.04. The number of alkyl halides is 3. The summed E-state index contributed by atoms with van der Waals surface area (Å²) >= 11 is 0. The van der Waals surface area contributed by atoms with E-state index in [0.717, 1.165) is 28.8 Å². The molecular weight excluding hydrogens is 483 g/mol. The summed E-state index contributed by atoms with van der Waals surface area (Å²) in [5.74, 6) is 0.619. The largest absolute Gasteiger partial charge is 0.489 e. The number of allylic oxidation sites excluding steroid dienone is 4. The van der Waals surface area contributed by atoms with Crippen LogP contribution < -0.4 is 4.74 Å². The van der Waals surface area contributed by atoms with Gasteiger partial charge in [0.2, 0.25) is 0 Å².